The number of hydrogen-bond donors (Lipinski definition) is 1. The molecular formula is C21H24FN3O2. The Kier molecular flexibility index (Phi) is 6.71. The minimum Gasteiger partial charge on any atom is -0.357 e. The molecule has 0 saturated carbocycles. The Balaban J connectivity index is 2.63. The number of fused-ring (bicyclic) bond motifs is 1. The van der Waals surface area contributed by atoms with Crippen molar-refractivity contribution in [3.63, 3.8) is 0 Å². The summed E-state index contributed by atoms with van der Waals surface area (Å²) in [5.41, 5.74) is 0.692. The maximum absolute atomic E-state index is 15.0. The van der Waals surface area contributed by atoms with Crippen LogP contribution in [0, 0.1) is 0 Å². The summed E-state index contributed by atoms with van der Waals surface area (Å²) >= 11 is 0. The van der Waals surface area contributed by atoms with E-state index in [4.69, 9.17) is 0 Å². The highest BCUT2D eigenvalue weighted by molar-refractivity contribution is 5.99. The van der Waals surface area contributed by atoms with Gasteiger partial charge in [-0.2, -0.15) is 0 Å². The first kappa shape index (κ1) is 20.2. The summed E-state index contributed by atoms with van der Waals surface area (Å²) in [6, 6.07) is 1.72. The predicted octanol–water partition coefficient (Wildman–Crippen LogP) is 3.81. The molecule has 0 aliphatic rings. The number of nitrogens with one attached hydrogen (secondary N) is 1. The van der Waals surface area contributed by atoms with E-state index in [9.17, 15) is 9.59 Å². The zero-order chi connectivity index (χ0) is 20.0. The van der Waals surface area contributed by atoms with E-state index in [1.165, 1.54) is 21.6 Å². The lowest BCUT2D eigenvalue weighted by Gasteiger charge is -2.12. The fourth-order valence-corrected chi connectivity index (χ4v) is 2.60. The van der Waals surface area contributed by atoms with E-state index >= 15 is 4.39 Å². The second-order valence-electron chi connectivity index (χ2n) is 6.18. The normalized spacial score (nSPS) is 13.2. The Labute approximate surface area is 157 Å². The maximum Gasteiger partial charge on any atom is 0.275 e. The molecule has 2 aromatic rings. The van der Waals surface area contributed by atoms with Crippen LogP contribution in [0.4, 0.5) is 4.39 Å². The summed E-state index contributed by atoms with van der Waals surface area (Å²) in [6.07, 6.45) is 13.0. The molecule has 0 aliphatic heterocycles. The SMILES string of the molecule is C\C=C/C=C(C(=O)N(C)C)\C(F)=C\c1cn(C/C=C/C)c(=O)c2[nH]ccc12. The minimum atomic E-state index is -0.662. The molecule has 142 valence electrons. The number of H-pyrrole nitrogens is 1. The smallest absolute Gasteiger partial charge is 0.275 e. The van der Waals surface area contributed by atoms with E-state index in [-0.39, 0.29) is 11.1 Å². The Morgan fingerprint density at radius 2 is 2.04 bits per heavy atom. The fourth-order valence-electron chi connectivity index (χ4n) is 2.60. The van der Waals surface area contributed by atoms with Gasteiger partial charge >= 0.3 is 0 Å². The number of carbonyl (C=O) groups excluding carboxylic acids is 1. The van der Waals surface area contributed by atoms with Gasteiger partial charge in [-0.1, -0.05) is 24.3 Å². The molecule has 0 bridgehead atoms. The van der Waals surface area contributed by atoms with Crippen LogP contribution >= 0.6 is 0 Å². The minimum absolute atomic E-state index is 0.0482. The van der Waals surface area contributed by atoms with Crippen LogP contribution in [0.3, 0.4) is 0 Å². The number of aromatic amines is 1. The maximum atomic E-state index is 15.0. The molecule has 0 aliphatic carbocycles. The number of likely N-dealkylation sites (N-methyl/N-ethyl adjacent to an activating group) is 1. The first-order chi connectivity index (χ1) is 12.9. The van der Waals surface area contributed by atoms with Gasteiger partial charge in [-0.05, 0) is 32.1 Å². The summed E-state index contributed by atoms with van der Waals surface area (Å²) in [5, 5.41) is 0.606. The van der Waals surface area contributed by atoms with Crippen molar-refractivity contribution < 1.29 is 9.18 Å². The van der Waals surface area contributed by atoms with Crippen molar-refractivity contribution >= 4 is 22.9 Å². The molecule has 2 rings (SSSR count). The molecule has 2 aromatic heterocycles. The van der Waals surface area contributed by atoms with Crippen LogP contribution in [0.15, 0.2) is 65.0 Å². The highest BCUT2D eigenvalue weighted by Crippen LogP contribution is 2.22. The molecule has 6 heteroatoms. The van der Waals surface area contributed by atoms with Crippen molar-refractivity contribution in [3.8, 4) is 0 Å². The molecule has 0 unspecified atom stereocenters. The highest BCUT2D eigenvalue weighted by atomic mass is 19.1. The van der Waals surface area contributed by atoms with Crippen LogP contribution < -0.4 is 5.56 Å². The van der Waals surface area contributed by atoms with Gasteiger partial charge < -0.3 is 14.5 Å². The Morgan fingerprint density at radius 1 is 1.30 bits per heavy atom. The summed E-state index contributed by atoms with van der Waals surface area (Å²) < 4.78 is 16.5. The van der Waals surface area contributed by atoms with Gasteiger partial charge in [0, 0.05) is 44.0 Å². The van der Waals surface area contributed by atoms with Gasteiger partial charge in [-0.25, -0.2) is 4.39 Å². The Morgan fingerprint density at radius 3 is 2.67 bits per heavy atom. The van der Waals surface area contributed by atoms with E-state index in [2.05, 4.69) is 4.98 Å². The third-order valence-electron chi connectivity index (χ3n) is 4.00. The zero-order valence-corrected chi connectivity index (χ0v) is 16.0. The number of amides is 1. The van der Waals surface area contributed by atoms with Crippen LogP contribution in [0.2, 0.25) is 0 Å². The molecule has 0 radical (unpaired) electrons. The van der Waals surface area contributed by atoms with Gasteiger partial charge in [-0.3, -0.25) is 9.59 Å². The van der Waals surface area contributed by atoms with E-state index in [1.54, 1.807) is 51.6 Å². The summed E-state index contributed by atoms with van der Waals surface area (Å²) in [7, 11) is 3.14. The van der Waals surface area contributed by atoms with E-state index in [0.717, 1.165) is 0 Å². The lowest BCUT2D eigenvalue weighted by atomic mass is 10.1. The molecule has 5 nitrogen and oxygen atoms in total. The summed E-state index contributed by atoms with van der Waals surface area (Å²) in [4.78, 5) is 29.1. The van der Waals surface area contributed by atoms with Gasteiger partial charge in [0.2, 0.25) is 0 Å². The molecule has 0 fully saturated rings. The quantitative estimate of drug-likeness (QED) is 0.478. The molecule has 0 aromatic carbocycles. The van der Waals surface area contributed by atoms with Crippen molar-refractivity contribution in [2.75, 3.05) is 14.1 Å². The largest absolute Gasteiger partial charge is 0.357 e. The van der Waals surface area contributed by atoms with Crippen molar-refractivity contribution in [2.45, 2.75) is 20.4 Å². The second-order valence-corrected chi connectivity index (χ2v) is 6.18. The Hall–Kier alpha value is -3.15. The topological polar surface area (TPSA) is 58.1 Å². The lowest BCUT2D eigenvalue weighted by molar-refractivity contribution is -0.124. The number of carbonyl (C=O) groups is 1. The van der Waals surface area contributed by atoms with Gasteiger partial charge in [0.1, 0.15) is 11.3 Å². The van der Waals surface area contributed by atoms with Crippen LogP contribution in [-0.4, -0.2) is 34.5 Å². The zero-order valence-electron chi connectivity index (χ0n) is 16.0. The van der Waals surface area contributed by atoms with Crippen molar-refractivity contribution in [3.05, 3.63) is 76.2 Å². The second kappa shape index (κ2) is 8.98. The van der Waals surface area contributed by atoms with E-state index in [0.29, 0.717) is 23.0 Å². The highest BCUT2D eigenvalue weighted by Gasteiger charge is 2.17. The summed E-state index contributed by atoms with van der Waals surface area (Å²) in [5.74, 6) is -1.10. The van der Waals surface area contributed by atoms with E-state index in [1.807, 2.05) is 19.1 Å². The van der Waals surface area contributed by atoms with Crippen molar-refractivity contribution in [1.82, 2.24) is 14.5 Å². The number of halogens is 1. The van der Waals surface area contributed by atoms with Crippen LogP contribution in [0.1, 0.15) is 19.4 Å². The molecule has 0 atom stereocenters. The van der Waals surface area contributed by atoms with Crippen LogP contribution in [0.5, 0.6) is 0 Å². The standard InChI is InChI=1S/C21H24FN3O2/c1-5-7-9-17(20(26)24(3)4)18(22)13-15-14-25(12-8-6-2)21(27)19-16(15)10-11-23-19/h5-11,13-14,23H,12H2,1-4H3/b7-5-,8-6+,17-9+,18-13-. The van der Waals surface area contributed by atoms with E-state index < -0.39 is 11.7 Å². The third-order valence-corrected chi connectivity index (χ3v) is 4.00. The van der Waals surface area contributed by atoms with Crippen LogP contribution in [-0.2, 0) is 11.3 Å². The average Bonchev–Trinajstić information content (AvgIpc) is 3.13. The number of aromatic nitrogens is 2. The third kappa shape index (κ3) is 4.53. The number of pyridine rings is 1. The number of nitrogens with zero attached hydrogens (tertiary/aromatic N) is 2. The first-order valence-electron chi connectivity index (χ1n) is 8.64. The molecule has 0 saturated heterocycles. The molecule has 27 heavy (non-hydrogen) atoms. The van der Waals surface area contributed by atoms with Gasteiger partial charge in [0.25, 0.3) is 11.5 Å². The monoisotopic (exact) mass is 369 g/mol. The summed E-state index contributed by atoms with van der Waals surface area (Å²) in [6.45, 7) is 4.03. The van der Waals surface area contributed by atoms with Crippen LogP contribution in [0.25, 0.3) is 17.0 Å². The molecule has 0 spiro atoms. The molecular weight excluding hydrogens is 345 g/mol. The Bertz CT molecular complexity index is 1000. The van der Waals surface area contributed by atoms with Crippen molar-refractivity contribution in [2.24, 2.45) is 0 Å². The molecule has 1 amide bonds. The van der Waals surface area contributed by atoms with Gasteiger partial charge in [-0.15, -0.1) is 0 Å². The number of hydrogen-bond acceptors (Lipinski definition) is 2. The van der Waals surface area contributed by atoms with Gasteiger partial charge in [0.15, 0.2) is 0 Å². The molecule has 2 heterocycles. The fraction of sp³-hybridized carbons (Fsp3) is 0.238. The first-order valence-corrected chi connectivity index (χ1v) is 8.64. The van der Waals surface area contributed by atoms with Gasteiger partial charge in [0.05, 0.1) is 5.57 Å². The predicted molar refractivity (Wildman–Crippen MR) is 108 cm³/mol. The van der Waals surface area contributed by atoms with Crippen molar-refractivity contribution in [1.29, 1.82) is 0 Å². The average molecular weight is 369 g/mol. The lowest BCUT2D eigenvalue weighted by Crippen LogP contribution is -2.24. The number of allylic oxidation sites excluding steroid dienone is 5. The number of rotatable bonds is 6. The molecule has 1 N–H and O–H groups in total.